The van der Waals surface area contributed by atoms with Gasteiger partial charge in [-0.3, -0.25) is 9.48 Å². The van der Waals surface area contributed by atoms with Gasteiger partial charge in [0.15, 0.2) is 0 Å². The number of hydrogen-bond acceptors (Lipinski definition) is 7. The van der Waals surface area contributed by atoms with E-state index >= 15 is 0 Å². The molecule has 1 aliphatic heterocycles. The number of aromatic nitrogens is 6. The Labute approximate surface area is 187 Å². The number of nitrogens with one attached hydrogen (secondary N) is 1. The molecule has 0 saturated carbocycles. The van der Waals surface area contributed by atoms with Crippen LogP contribution in [0.2, 0.25) is 0 Å². The lowest BCUT2D eigenvalue weighted by Crippen LogP contribution is -2.39. The summed E-state index contributed by atoms with van der Waals surface area (Å²) in [5, 5.41) is 7.29. The lowest BCUT2D eigenvalue weighted by molar-refractivity contribution is -0.127. The van der Waals surface area contributed by atoms with E-state index in [1.807, 2.05) is 50.1 Å². The molecule has 1 amide bonds. The number of likely N-dealkylation sites (tertiary alicyclic amines) is 1. The molecule has 9 heteroatoms. The lowest BCUT2D eigenvalue weighted by atomic mass is 9.93. The summed E-state index contributed by atoms with van der Waals surface area (Å²) in [5.74, 6) is 1.59. The van der Waals surface area contributed by atoms with Gasteiger partial charge < -0.3 is 10.2 Å². The molecule has 0 unspecified atom stereocenters. The Kier molecular flexibility index (Phi) is 6.53. The van der Waals surface area contributed by atoms with Gasteiger partial charge in [-0.25, -0.2) is 19.9 Å². The van der Waals surface area contributed by atoms with E-state index in [1.165, 1.54) is 0 Å². The van der Waals surface area contributed by atoms with Gasteiger partial charge in [-0.15, -0.1) is 0 Å². The summed E-state index contributed by atoms with van der Waals surface area (Å²) in [4.78, 5) is 32.2. The van der Waals surface area contributed by atoms with Crippen LogP contribution in [0.1, 0.15) is 35.6 Å². The molecule has 0 radical (unpaired) electrons. The number of amides is 1. The lowest BCUT2D eigenvalue weighted by Gasteiger charge is -2.32. The van der Waals surface area contributed by atoms with Crippen molar-refractivity contribution in [1.29, 1.82) is 0 Å². The minimum absolute atomic E-state index is 0.0351. The molecule has 1 N–H and O–H groups in total. The van der Waals surface area contributed by atoms with Gasteiger partial charge in [0.25, 0.3) is 0 Å². The Morgan fingerprint density at radius 2 is 2.03 bits per heavy atom. The maximum absolute atomic E-state index is 12.7. The van der Waals surface area contributed by atoms with E-state index in [4.69, 9.17) is 0 Å². The van der Waals surface area contributed by atoms with Gasteiger partial charge in [0, 0.05) is 55.6 Å². The summed E-state index contributed by atoms with van der Waals surface area (Å²) < 4.78 is 1.74. The van der Waals surface area contributed by atoms with Crippen LogP contribution in [0.5, 0.6) is 0 Å². The second-order valence-electron chi connectivity index (χ2n) is 8.20. The second-order valence-corrected chi connectivity index (χ2v) is 8.20. The van der Waals surface area contributed by atoms with Crippen molar-refractivity contribution in [2.45, 2.75) is 33.1 Å². The van der Waals surface area contributed by atoms with Crippen molar-refractivity contribution >= 4 is 23.7 Å². The molecule has 9 nitrogen and oxygen atoms in total. The quantitative estimate of drug-likeness (QED) is 0.598. The summed E-state index contributed by atoms with van der Waals surface area (Å²) in [6.45, 7) is 5.38. The first-order chi connectivity index (χ1) is 15.5. The first-order valence-electron chi connectivity index (χ1n) is 10.8. The number of nitrogens with zero attached hydrogens (tertiary/aromatic N) is 7. The number of aryl methyl sites for hydroxylation is 3. The Balaban J connectivity index is 1.37. The maximum Gasteiger partial charge on any atom is 0.246 e. The number of rotatable bonds is 6. The molecule has 166 valence electrons. The number of piperidine rings is 1. The first kappa shape index (κ1) is 21.6. The molecule has 32 heavy (non-hydrogen) atoms. The van der Waals surface area contributed by atoms with Crippen LogP contribution >= 0.6 is 0 Å². The number of carbonyl (C=O) groups is 1. The molecular formula is C23H28N8O. The van der Waals surface area contributed by atoms with E-state index < -0.39 is 0 Å². The third-order valence-electron chi connectivity index (χ3n) is 5.53. The first-order valence-corrected chi connectivity index (χ1v) is 10.8. The highest BCUT2D eigenvalue weighted by molar-refractivity contribution is 5.91. The van der Waals surface area contributed by atoms with Crippen LogP contribution in [0, 0.1) is 19.8 Å². The van der Waals surface area contributed by atoms with Gasteiger partial charge >= 0.3 is 0 Å². The molecule has 4 heterocycles. The van der Waals surface area contributed by atoms with Crippen molar-refractivity contribution in [3.63, 3.8) is 0 Å². The summed E-state index contributed by atoms with van der Waals surface area (Å²) in [6, 6.07) is 5.75. The highest BCUT2D eigenvalue weighted by Crippen LogP contribution is 2.22. The smallest absolute Gasteiger partial charge is 0.246 e. The third-order valence-corrected chi connectivity index (χ3v) is 5.53. The summed E-state index contributed by atoms with van der Waals surface area (Å²) in [6.07, 6.45) is 9.58. The van der Waals surface area contributed by atoms with Gasteiger partial charge in [0.1, 0.15) is 12.1 Å². The molecule has 1 fully saturated rings. The number of anilines is 2. The van der Waals surface area contributed by atoms with Crippen LogP contribution < -0.4 is 5.32 Å². The molecule has 0 aromatic carbocycles. The molecule has 1 atom stereocenters. The maximum atomic E-state index is 12.7. The Morgan fingerprint density at radius 3 is 2.78 bits per heavy atom. The largest absolute Gasteiger partial charge is 0.339 e. The molecule has 0 bridgehead atoms. The fraction of sp³-hybridized carbons (Fsp3) is 0.391. The minimum Gasteiger partial charge on any atom is -0.339 e. The van der Waals surface area contributed by atoms with E-state index in [0.717, 1.165) is 55.1 Å². The normalized spacial score (nSPS) is 16.5. The van der Waals surface area contributed by atoms with Crippen molar-refractivity contribution in [3.05, 3.63) is 59.6 Å². The average Bonchev–Trinajstić information content (AvgIpc) is 3.16. The monoisotopic (exact) mass is 432 g/mol. The van der Waals surface area contributed by atoms with E-state index in [1.54, 1.807) is 23.3 Å². The SMILES string of the molecule is Cc1cc(C)nc(Nc2cc(C[C@H]3CCCN(C(=O)/C=C/c4ccnn4C)C3)ncn2)n1. The zero-order valence-electron chi connectivity index (χ0n) is 18.7. The summed E-state index contributed by atoms with van der Waals surface area (Å²) in [5.41, 5.74) is 3.65. The molecule has 1 aliphatic rings. The van der Waals surface area contributed by atoms with Crippen LogP contribution in [0.4, 0.5) is 11.8 Å². The van der Waals surface area contributed by atoms with Gasteiger partial charge in [-0.2, -0.15) is 5.10 Å². The number of hydrogen-bond donors (Lipinski definition) is 1. The average molecular weight is 433 g/mol. The minimum atomic E-state index is 0.0351. The van der Waals surface area contributed by atoms with Crippen molar-refractivity contribution in [1.82, 2.24) is 34.6 Å². The van der Waals surface area contributed by atoms with Crippen molar-refractivity contribution in [3.8, 4) is 0 Å². The van der Waals surface area contributed by atoms with Crippen LogP contribution in [0.25, 0.3) is 6.08 Å². The van der Waals surface area contributed by atoms with E-state index in [0.29, 0.717) is 17.7 Å². The molecular weight excluding hydrogens is 404 g/mol. The van der Waals surface area contributed by atoms with Gasteiger partial charge in [-0.1, -0.05) is 0 Å². The van der Waals surface area contributed by atoms with Crippen LogP contribution in [-0.2, 0) is 18.3 Å². The molecule has 0 spiro atoms. The topological polar surface area (TPSA) is 102 Å². The second kappa shape index (κ2) is 9.67. The van der Waals surface area contributed by atoms with Gasteiger partial charge in [-0.05, 0) is 57.2 Å². The van der Waals surface area contributed by atoms with E-state index in [-0.39, 0.29) is 5.91 Å². The molecule has 3 aromatic rings. The van der Waals surface area contributed by atoms with E-state index in [9.17, 15) is 4.79 Å². The number of carbonyl (C=O) groups excluding carboxylic acids is 1. The predicted octanol–water partition coefficient (Wildman–Crippen LogP) is 2.86. The fourth-order valence-electron chi connectivity index (χ4n) is 4.01. The Bertz CT molecular complexity index is 1100. The zero-order valence-corrected chi connectivity index (χ0v) is 18.7. The summed E-state index contributed by atoms with van der Waals surface area (Å²) in [7, 11) is 1.86. The highest BCUT2D eigenvalue weighted by Gasteiger charge is 2.23. The molecule has 3 aromatic heterocycles. The van der Waals surface area contributed by atoms with Crippen LogP contribution in [0.3, 0.4) is 0 Å². The zero-order chi connectivity index (χ0) is 22.5. The Morgan fingerprint density at radius 1 is 1.22 bits per heavy atom. The van der Waals surface area contributed by atoms with E-state index in [2.05, 4.69) is 30.4 Å². The predicted molar refractivity (Wildman–Crippen MR) is 122 cm³/mol. The van der Waals surface area contributed by atoms with Crippen LogP contribution in [0.15, 0.2) is 36.8 Å². The molecule has 0 aliphatic carbocycles. The molecule has 1 saturated heterocycles. The van der Waals surface area contributed by atoms with Crippen LogP contribution in [-0.4, -0.2) is 53.6 Å². The third kappa shape index (κ3) is 5.54. The molecule has 4 rings (SSSR count). The van der Waals surface area contributed by atoms with Gasteiger partial charge in [0.05, 0.1) is 5.69 Å². The fourth-order valence-corrected chi connectivity index (χ4v) is 4.01. The highest BCUT2D eigenvalue weighted by atomic mass is 16.2. The summed E-state index contributed by atoms with van der Waals surface area (Å²) >= 11 is 0. The van der Waals surface area contributed by atoms with Gasteiger partial charge in [0.2, 0.25) is 11.9 Å². The Hall–Kier alpha value is -3.62. The van der Waals surface area contributed by atoms with Crippen molar-refractivity contribution in [2.75, 3.05) is 18.4 Å². The standard InChI is InChI=1S/C23H28N8O/c1-16-11-17(2)28-23(27-16)29-21-13-19(24-15-25-21)12-18-5-4-10-31(14-18)22(32)7-6-20-8-9-26-30(20)3/h6-9,11,13,15,18H,4-5,10,12,14H2,1-3H3,(H,24,25,27,28,29)/b7-6+/t18-/m1/s1. The van der Waals surface area contributed by atoms with Crippen molar-refractivity contribution in [2.24, 2.45) is 13.0 Å². The van der Waals surface area contributed by atoms with Crippen molar-refractivity contribution < 1.29 is 4.79 Å².